The summed E-state index contributed by atoms with van der Waals surface area (Å²) in [5, 5.41) is 3.33. The number of aromatic nitrogens is 1. The van der Waals surface area contributed by atoms with Crippen LogP contribution in [0.4, 0.5) is 0 Å². The van der Waals surface area contributed by atoms with Crippen molar-refractivity contribution in [1.82, 2.24) is 14.2 Å². The molecule has 1 saturated carbocycles. The molecule has 2 fully saturated rings. The van der Waals surface area contributed by atoms with E-state index in [4.69, 9.17) is 0 Å². The third-order valence-electron chi connectivity index (χ3n) is 7.45. The molecular formula is C25H35N3O4S. The molecule has 1 aromatic carbocycles. The van der Waals surface area contributed by atoms with E-state index in [1.165, 1.54) is 16.8 Å². The SMILES string of the molecule is CCn1cc(C(=O)N[C@@H]2CCCC[C@@H]2C)c(=O)c2cc(S(=O)(=O)N3CCC(C)CC3)ccc21. The number of fused-ring (bicyclic) bond motifs is 1. The predicted octanol–water partition coefficient (Wildman–Crippen LogP) is 3.75. The summed E-state index contributed by atoms with van der Waals surface area (Å²) in [6.07, 6.45) is 7.49. The van der Waals surface area contributed by atoms with Crippen LogP contribution in [-0.4, -0.2) is 42.3 Å². The summed E-state index contributed by atoms with van der Waals surface area (Å²) >= 11 is 0. The molecule has 2 aliphatic rings. The molecule has 2 heterocycles. The highest BCUT2D eigenvalue weighted by Crippen LogP contribution is 2.26. The molecule has 0 radical (unpaired) electrons. The number of amides is 1. The van der Waals surface area contributed by atoms with Crippen LogP contribution in [0.3, 0.4) is 0 Å². The highest BCUT2D eigenvalue weighted by atomic mass is 32.2. The number of hydrogen-bond acceptors (Lipinski definition) is 4. The number of carbonyl (C=O) groups is 1. The number of hydrogen-bond donors (Lipinski definition) is 1. The summed E-state index contributed by atoms with van der Waals surface area (Å²) in [6, 6.07) is 4.77. The lowest BCUT2D eigenvalue weighted by molar-refractivity contribution is 0.0908. The smallest absolute Gasteiger partial charge is 0.256 e. The fraction of sp³-hybridized carbons (Fsp3) is 0.600. The summed E-state index contributed by atoms with van der Waals surface area (Å²) in [7, 11) is -3.69. The van der Waals surface area contributed by atoms with Gasteiger partial charge in [0.25, 0.3) is 5.91 Å². The van der Waals surface area contributed by atoms with Gasteiger partial charge in [0.15, 0.2) is 0 Å². The van der Waals surface area contributed by atoms with Gasteiger partial charge in [0.1, 0.15) is 5.56 Å². The minimum atomic E-state index is -3.69. The van der Waals surface area contributed by atoms with Crippen LogP contribution < -0.4 is 10.7 Å². The van der Waals surface area contributed by atoms with Gasteiger partial charge in [0.05, 0.1) is 10.4 Å². The van der Waals surface area contributed by atoms with E-state index in [1.807, 2.05) is 11.5 Å². The van der Waals surface area contributed by atoms with Crippen LogP contribution in [0.1, 0.15) is 69.7 Å². The number of piperidine rings is 1. The summed E-state index contributed by atoms with van der Waals surface area (Å²) in [5.74, 6) is 0.513. The summed E-state index contributed by atoms with van der Waals surface area (Å²) in [6.45, 7) is 7.74. The summed E-state index contributed by atoms with van der Waals surface area (Å²) in [5.41, 5.74) is 0.291. The Morgan fingerprint density at radius 1 is 1.09 bits per heavy atom. The van der Waals surface area contributed by atoms with E-state index in [2.05, 4.69) is 19.2 Å². The largest absolute Gasteiger partial charge is 0.349 e. The Kier molecular flexibility index (Phi) is 6.96. The van der Waals surface area contributed by atoms with Gasteiger partial charge in [0, 0.05) is 37.3 Å². The molecular weight excluding hydrogens is 438 g/mol. The van der Waals surface area contributed by atoms with Crippen molar-refractivity contribution >= 4 is 26.8 Å². The number of nitrogens with zero attached hydrogens (tertiary/aromatic N) is 2. The van der Waals surface area contributed by atoms with Crippen molar-refractivity contribution in [3.8, 4) is 0 Å². The lowest BCUT2D eigenvalue weighted by Crippen LogP contribution is -2.42. The molecule has 8 heteroatoms. The fourth-order valence-corrected chi connectivity index (χ4v) is 6.61. The predicted molar refractivity (Wildman–Crippen MR) is 130 cm³/mol. The zero-order valence-electron chi connectivity index (χ0n) is 19.8. The van der Waals surface area contributed by atoms with Crippen molar-refractivity contribution in [3.63, 3.8) is 0 Å². The average Bonchev–Trinajstić information content (AvgIpc) is 2.81. The van der Waals surface area contributed by atoms with Gasteiger partial charge >= 0.3 is 0 Å². The molecule has 1 aliphatic carbocycles. The Labute approximate surface area is 196 Å². The molecule has 0 spiro atoms. The molecule has 1 aliphatic heterocycles. The van der Waals surface area contributed by atoms with E-state index in [9.17, 15) is 18.0 Å². The third-order valence-corrected chi connectivity index (χ3v) is 9.34. The maximum absolute atomic E-state index is 13.4. The Hall–Kier alpha value is -2.19. The molecule has 0 bridgehead atoms. The number of rotatable bonds is 5. The Morgan fingerprint density at radius 3 is 2.45 bits per heavy atom. The van der Waals surface area contributed by atoms with Crippen LogP contribution in [0.25, 0.3) is 10.9 Å². The first-order valence-electron chi connectivity index (χ1n) is 12.2. The van der Waals surface area contributed by atoms with Gasteiger partial charge in [0.2, 0.25) is 15.5 Å². The van der Waals surface area contributed by atoms with Crippen molar-refractivity contribution in [2.24, 2.45) is 11.8 Å². The van der Waals surface area contributed by atoms with Crippen molar-refractivity contribution in [2.45, 2.75) is 76.8 Å². The summed E-state index contributed by atoms with van der Waals surface area (Å²) < 4.78 is 29.9. The maximum Gasteiger partial charge on any atom is 0.256 e. The quantitative estimate of drug-likeness (QED) is 0.716. The molecule has 180 valence electrons. The van der Waals surface area contributed by atoms with Gasteiger partial charge in [-0.25, -0.2) is 8.42 Å². The van der Waals surface area contributed by atoms with Crippen LogP contribution in [0.2, 0.25) is 0 Å². The molecule has 33 heavy (non-hydrogen) atoms. The second-order valence-corrected chi connectivity index (χ2v) is 11.7. The molecule has 1 amide bonds. The lowest BCUT2D eigenvalue weighted by Gasteiger charge is -2.29. The molecule has 1 saturated heterocycles. The van der Waals surface area contributed by atoms with Crippen molar-refractivity contribution in [1.29, 1.82) is 0 Å². The molecule has 4 rings (SSSR count). The van der Waals surface area contributed by atoms with Gasteiger partial charge in [-0.2, -0.15) is 4.31 Å². The first-order chi connectivity index (χ1) is 15.7. The first-order valence-corrected chi connectivity index (χ1v) is 13.6. The van der Waals surface area contributed by atoms with Gasteiger partial charge in [-0.3, -0.25) is 9.59 Å². The zero-order valence-corrected chi connectivity index (χ0v) is 20.7. The Morgan fingerprint density at radius 2 is 1.79 bits per heavy atom. The molecule has 2 aromatic rings. The normalized spacial score (nSPS) is 23.0. The van der Waals surface area contributed by atoms with Gasteiger partial charge in [-0.1, -0.05) is 26.7 Å². The monoisotopic (exact) mass is 473 g/mol. The molecule has 2 atom stereocenters. The van der Waals surface area contributed by atoms with E-state index >= 15 is 0 Å². The Balaban J connectivity index is 1.72. The summed E-state index contributed by atoms with van der Waals surface area (Å²) in [4.78, 5) is 26.6. The van der Waals surface area contributed by atoms with Crippen LogP contribution in [0, 0.1) is 11.8 Å². The number of aryl methyl sites for hydroxylation is 1. The number of carbonyl (C=O) groups excluding carboxylic acids is 1. The van der Waals surface area contributed by atoms with Crippen LogP contribution in [0.15, 0.2) is 34.1 Å². The second-order valence-electron chi connectivity index (χ2n) is 9.77. The topological polar surface area (TPSA) is 88.5 Å². The third kappa shape index (κ3) is 4.73. The number of sulfonamides is 1. The molecule has 1 aromatic heterocycles. The van der Waals surface area contributed by atoms with Gasteiger partial charge in [-0.05, 0) is 62.6 Å². The van der Waals surface area contributed by atoms with E-state index in [1.54, 1.807) is 18.3 Å². The minimum Gasteiger partial charge on any atom is -0.349 e. The highest BCUT2D eigenvalue weighted by molar-refractivity contribution is 7.89. The lowest BCUT2D eigenvalue weighted by atomic mass is 9.86. The van der Waals surface area contributed by atoms with E-state index < -0.39 is 15.5 Å². The first kappa shape index (κ1) is 24.0. The standard InChI is InChI=1S/C25H35N3O4S/c1-4-27-16-21(25(30)26-22-8-6-5-7-18(22)3)24(29)20-15-19(9-10-23(20)27)33(31,32)28-13-11-17(2)12-14-28/h9-10,15-18,22H,4-8,11-14H2,1-3H3,(H,26,30)/t18-,22+/m0/s1. The van der Waals surface area contributed by atoms with E-state index in [0.29, 0.717) is 37.0 Å². The molecule has 7 nitrogen and oxygen atoms in total. The highest BCUT2D eigenvalue weighted by Gasteiger charge is 2.29. The van der Waals surface area contributed by atoms with E-state index in [0.717, 1.165) is 32.1 Å². The van der Waals surface area contributed by atoms with Crippen LogP contribution in [-0.2, 0) is 16.6 Å². The number of benzene rings is 1. The van der Waals surface area contributed by atoms with Crippen molar-refractivity contribution in [2.75, 3.05) is 13.1 Å². The Bertz CT molecular complexity index is 1200. The van der Waals surface area contributed by atoms with E-state index in [-0.39, 0.29) is 27.8 Å². The van der Waals surface area contributed by atoms with Crippen LogP contribution >= 0.6 is 0 Å². The molecule has 0 unspecified atom stereocenters. The van der Waals surface area contributed by atoms with Gasteiger partial charge in [-0.15, -0.1) is 0 Å². The number of pyridine rings is 1. The minimum absolute atomic E-state index is 0.0598. The maximum atomic E-state index is 13.4. The number of nitrogens with one attached hydrogen (secondary N) is 1. The molecule has 1 N–H and O–H groups in total. The van der Waals surface area contributed by atoms with Crippen molar-refractivity contribution in [3.05, 3.63) is 40.2 Å². The van der Waals surface area contributed by atoms with Crippen LogP contribution in [0.5, 0.6) is 0 Å². The van der Waals surface area contributed by atoms with Crippen molar-refractivity contribution < 1.29 is 13.2 Å². The average molecular weight is 474 g/mol. The zero-order chi connectivity index (χ0) is 23.8. The second kappa shape index (κ2) is 9.58. The fourth-order valence-electron chi connectivity index (χ4n) is 5.11. The van der Waals surface area contributed by atoms with Gasteiger partial charge < -0.3 is 9.88 Å².